The van der Waals surface area contributed by atoms with Gasteiger partial charge in [-0.3, -0.25) is 9.59 Å². The molecule has 27 heavy (non-hydrogen) atoms. The highest BCUT2D eigenvalue weighted by Crippen LogP contribution is 2.29. The molecule has 0 aliphatic heterocycles. The largest absolute Gasteiger partial charge is 0.497 e. The molecule has 0 heterocycles. The summed E-state index contributed by atoms with van der Waals surface area (Å²) in [6.07, 6.45) is 0.596. The molecule has 0 saturated heterocycles. The molecular formula is C19H19Cl2NO5. The van der Waals surface area contributed by atoms with Crippen LogP contribution in [0.25, 0.3) is 0 Å². The quantitative estimate of drug-likeness (QED) is 0.490. The first-order valence-corrected chi connectivity index (χ1v) is 8.91. The van der Waals surface area contributed by atoms with E-state index in [4.69, 9.17) is 37.4 Å². The smallest absolute Gasteiger partial charge is 0.306 e. The Hall–Kier alpha value is -2.44. The summed E-state index contributed by atoms with van der Waals surface area (Å²) in [4.78, 5) is 23.6. The van der Waals surface area contributed by atoms with Gasteiger partial charge in [-0.25, -0.2) is 0 Å². The molecule has 0 saturated carbocycles. The van der Waals surface area contributed by atoms with E-state index in [9.17, 15) is 9.59 Å². The molecule has 0 radical (unpaired) electrons. The first-order chi connectivity index (χ1) is 13.0. The van der Waals surface area contributed by atoms with Crippen molar-refractivity contribution in [1.29, 1.82) is 0 Å². The van der Waals surface area contributed by atoms with E-state index in [-0.39, 0.29) is 12.1 Å². The van der Waals surface area contributed by atoms with Crippen LogP contribution in [0.3, 0.4) is 0 Å². The number of anilines is 1. The minimum atomic E-state index is -0.521. The van der Waals surface area contributed by atoms with Crippen LogP contribution >= 0.6 is 23.2 Å². The molecule has 6 nitrogen and oxygen atoms in total. The second kappa shape index (κ2) is 10.6. The second-order valence-corrected chi connectivity index (χ2v) is 6.25. The van der Waals surface area contributed by atoms with Crippen LogP contribution in [0, 0.1) is 0 Å². The number of hydrogen-bond donors (Lipinski definition) is 1. The van der Waals surface area contributed by atoms with Gasteiger partial charge in [-0.1, -0.05) is 29.3 Å². The Morgan fingerprint density at radius 3 is 2.26 bits per heavy atom. The lowest BCUT2D eigenvalue weighted by Crippen LogP contribution is -2.21. The summed E-state index contributed by atoms with van der Waals surface area (Å²) in [5.74, 6) is 0.406. The minimum Gasteiger partial charge on any atom is -0.497 e. The van der Waals surface area contributed by atoms with Gasteiger partial charge in [0.25, 0.3) is 5.91 Å². The molecule has 1 amide bonds. The second-order valence-electron chi connectivity index (χ2n) is 5.43. The Bertz CT molecular complexity index is 760. The van der Waals surface area contributed by atoms with Crippen molar-refractivity contribution in [2.24, 2.45) is 0 Å². The molecular weight excluding hydrogens is 393 g/mol. The van der Waals surface area contributed by atoms with Crippen LogP contribution < -0.4 is 14.8 Å². The number of nitrogens with one attached hydrogen (secondary N) is 1. The van der Waals surface area contributed by atoms with E-state index in [0.29, 0.717) is 28.8 Å². The van der Waals surface area contributed by atoms with Crippen LogP contribution in [0.2, 0.25) is 10.0 Å². The van der Waals surface area contributed by atoms with Crippen molar-refractivity contribution in [3.8, 4) is 11.5 Å². The lowest BCUT2D eigenvalue weighted by atomic mass is 10.3. The van der Waals surface area contributed by atoms with Crippen LogP contribution in [0.15, 0.2) is 42.5 Å². The van der Waals surface area contributed by atoms with Gasteiger partial charge in [-0.2, -0.15) is 0 Å². The van der Waals surface area contributed by atoms with Crippen molar-refractivity contribution in [2.45, 2.75) is 12.8 Å². The van der Waals surface area contributed by atoms with Gasteiger partial charge in [0.2, 0.25) is 0 Å². The summed E-state index contributed by atoms with van der Waals surface area (Å²) in [5, 5.41) is 3.12. The lowest BCUT2D eigenvalue weighted by molar-refractivity contribution is -0.147. The predicted molar refractivity (Wildman–Crippen MR) is 104 cm³/mol. The fourth-order valence-electron chi connectivity index (χ4n) is 2.09. The molecule has 0 bridgehead atoms. The normalized spacial score (nSPS) is 10.2. The van der Waals surface area contributed by atoms with Gasteiger partial charge in [-0.15, -0.1) is 0 Å². The lowest BCUT2D eigenvalue weighted by Gasteiger charge is -2.10. The van der Waals surface area contributed by atoms with Crippen molar-refractivity contribution in [3.63, 3.8) is 0 Å². The topological polar surface area (TPSA) is 73.9 Å². The zero-order valence-corrected chi connectivity index (χ0v) is 16.2. The molecule has 0 aliphatic carbocycles. The summed E-state index contributed by atoms with van der Waals surface area (Å²) >= 11 is 11.9. The summed E-state index contributed by atoms with van der Waals surface area (Å²) < 4.78 is 15.5. The molecule has 0 unspecified atom stereocenters. The fourth-order valence-corrected chi connectivity index (χ4v) is 2.58. The zero-order chi connectivity index (χ0) is 19.6. The maximum Gasteiger partial charge on any atom is 0.306 e. The highest BCUT2D eigenvalue weighted by molar-refractivity contribution is 6.39. The number of carbonyl (C=O) groups excluding carboxylic acids is 2. The van der Waals surface area contributed by atoms with Crippen molar-refractivity contribution in [2.75, 3.05) is 25.6 Å². The Morgan fingerprint density at radius 1 is 1.00 bits per heavy atom. The van der Waals surface area contributed by atoms with Gasteiger partial charge < -0.3 is 19.5 Å². The van der Waals surface area contributed by atoms with Gasteiger partial charge in [0.05, 0.1) is 29.4 Å². The van der Waals surface area contributed by atoms with Gasteiger partial charge >= 0.3 is 5.97 Å². The standard InChI is InChI=1S/C19H19Cl2NO5/c1-25-13-7-9-14(10-8-13)26-11-3-6-18(24)27-12-17(23)22-19-15(20)4-2-5-16(19)21/h2,4-5,7-10H,3,6,11-12H2,1H3,(H,22,23). The van der Waals surface area contributed by atoms with Gasteiger partial charge in [-0.05, 0) is 42.8 Å². The molecule has 8 heteroatoms. The van der Waals surface area contributed by atoms with Crippen LogP contribution in [-0.2, 0) is 14.3 Å². The predicted octanol–water partition coefficient (Wildman–Crippen LogP) is 4.34. The number of hydrogen-bond acceptors (Lipinski definition) is 5. The maximum atomic E-state index is 11.8. The van der Waals surface area contributed by atoms with Gasteiger partial charge in [0.15, 0.2) is 6.61 Å². The molecule has 0 spiro atoms. The average Bonchev–Trinajstić information content (AvgIpc) is 2.67. The molecule has 0 aliphatic rings. The molecule has 144 valence electrons. The molecule has 2 aromatic rings. The number of carbonyl (C=O) groups is 2. The zero-order valence-electron chi connectivity index (χ0n) is 14.7. The maximum absolute atomic E-state index is 11.8. The number of rotatable bonds is 9. The monoisotopic (exact) mass is 411 g/mol. The summed E-state index contributed by atoms with van der Waals surface area (Å²) in [6.45, 7) is -0.0669. The highest BCUT2D eigenvalue weighted by atomic mass is 35.5. The van der Waals surface area contributed by atoms with E-state index in [1.165, 1.54) is 0 Å². The number of methoxy groups -OCH3 is 1. The average molecular weight is 412 g/mol. The third-order valence-electron chi connectivity index (χ3n) is 3.44. The van der Waals surface area contributed by atoms with Crippen molar-refractivity contribution in [1.82, 2.24) is 0 Å². The SMILES string of the molecule is COc1ccc(OCCCC(=O)OCC(=O)Nc2c(Cl)cccc2Cl)cc1. The number of ether oxygens (including phenoxy) is 3. The van der Waals surface area contributed by atoms with Crippen molar-refractivity contribution < 1.29 is 23.8 Å². The summed E-state index contributed by atoms with van der Waals surface area (Å²) in [5.41, 5.74) is 0.287. The molecule has 2 aromatic carbocycles. The minimum absolute atomic E-state index is 0.135. The van der Waals surface area contributed by atoms with E-state index in [2.05, 4.69) is 5.32 Å². The molecule has 0 atom stereocenters. The fraction of sp³-hybridized carbons (Fsp3) is 0.263. The number of esters is 1. The van der Waals surface area contributed by atoms with Crippen molar-refractivity contribution >= 4 is 40.8 Å². The van der Waals surface area contributed by atoms with Crippen LogP contribution in [0.5, 0.6) is 11.5 Å². The number of benzene rings is 2. The van der Waals surface area contributed by atoms with E-state index in [1.54, 1.807) is 49.6 Å². The Morgan fingerprint density at radius 2 is 1.63 bits per heavy atom. The van der Waals surface area contributed by atoms with Crippen LogP contribution in [0.1, 0.15) is 12.8 Å². The molecule has 1 N–H and O–H groups in total. The Kier molecular flexibility index (Phi) is 8.23. The summed E-state index contributed by atoms with van der Waals surface area (Å²) in [6, 6.07) is 12.0. The Balaban J connectivity index is 1.64. The third kappa shape index (κ3) is 7.00. The van der Waals surface area contributed by atoms with Crippen LogP contribution in [-0.4, -0.2) is 32.2 Å². The molecule has 2 rings (SSSR count). The first-order valence-electron chi connectivity index (χ1n) is 8.16. The number of halogens is 2. The van der Waals surface area contributed by atoms with E-state index in [0.717, 1.165) is 5.75 Å². The molecule has 0 aromatic heterocycles. The Labute approximate surface area is 167 Å². The van der Waals surface area contributed by atoms with Gasteiger partial charge in [0.1, 0.15) is 11.5 Å². The van der Waals surface area contributed by atoms with Gasteiger partial charge in [0, 0.05) is 6.42 Å². The van der Waals surface area contributed by atoms with Crippen molar-refractivity contribution in [3.05, 3.63) is 52.5 Å². The van der Waals surface area contributed by atoms with Crippen LogP contribution in [0.4, 0.5) is 5.69 Å². The third-order valence-corrected chi connectivity index (χ3v) is 4.07. The summed E-state index contributed by atoms with van der Waals surface area (Å²) in [7, 11) is 1.59. The first kappa shape index (κ1) is 20.9. The number of para-hydroxylation sites is 1. The van der Waals surface area contributed by atoms with E-state index >= 15 is 0 Å². The van der Waals surface area contributed by atoms with E-state index < -0.39 is 18.5 Å². The highest BCUT2D eigenvalue weighted by Gasteiger charge is 2.12. The number of amides is 1. The molecule has 0 fully saturated rings. The van der Waals surface area contributed by atoms with E-state index in [1.807, 2.05) is 0 Å².